The predicted molar refractivity (Wildman–Crippen MR) is 93.5 cm³/mol. The first-order valence-corrected chi connectivity index (χ1v) is 9.96. The first-order valence-electron chi connectivity index (χ1n) is 8.55. The van der Waals surface area contributed by atoms with Gasteiger partial charge in [-0.15, -0.1) is 0 Å². The third kappa shape index (κ3) is 3.64. The highest BCUT2D eigenvalue weighted by Gasteiger charge is 2.44. The molecule has 20 heavy (non-hydrogen) atoms. The van der Waals surface area contributed by atoms with Crippen LogP contribution in [0.5, 0.6) is 0 Å². The van der Waals surface area contributed by atoms with Crippen LogP contribution in [-0.4, -0.2) is 10.8 Å². The van der Waals surface area contributed by atoms with Gasteiger partial charge in [0.25, 0.3) is 0 Å². The van der Waals surface area contributed by atoms with Crippen molar-refractivity contribution >= 4 is 13.2 Å². The van der Waals surface area contributed by atoms with E-state index >= 15 is 0 Å². The predicted octanol–water partition coefficient (Wildman–Crippen LogP) is 6.10. The summed E-state index contributed by atoms with van der Waals surface area (Å²) in [6.07, 6.45) is 11.3. The molecule has 0 saturated carbocycles. The molecular formula is C19H31P. The topological polar surface area (TPSA) is 0 Å². The van der Waals surface area contributed by atoms with E-state index in [-0.39, 0.29) is 7.92 Å². The van der Waals surface area contributed by atoms with Crippen molar-refractivity contribution in [2.75, 3.05) is 0 Å². The molecule has 2 rings (SSSR count). The molecule has 112 valence electrons. The minimum atomic E-state index is 0.0277. The molecule has 1 aromatic carbocycles. The van der Waals surface area contributed by atoms with E-state index in [1.165, 1.54) is 51.4 Å². The van der Waals surface area contributed by atoms with E-state index in [1.807, 2.05) is 0 Å². The quantitative estimate of drug-likeness (QED) is 0.533. The summed E-state index contributed by atoms with van der Waals surface area (Å²) >= 11 is 0. The Hall–Kier alpha value is -0.350. The highest BCUT2D eigenvalue weighted by Crippen LogP contribution is 2.64. The molecule has 3 unspecified atom stereocenters. The molecule has 1 saturated heterocycles. The number of hydrogen-bond acceptors (Lipinski definition) is 0. The van der Waals surface area contributed by atoms with E-state index < -0.39 is 0 Å². The monoisotopic (exact) mass is 290 g/mol. The van der Waals surface area contributed by atoms with Gasteiger partial charge in [-0.2, -0.15) is 0 Å². The third-order valence-corrected chi connectivity index (χ3v) is 8.67. The van der Waals surface area contributed by atoms with Crippen LogP contribution in [0.4, 0.5) is 0 Å². The zero-order chi connectivity index (χ0) is 14.4. The molecule has 1 aliphatic rings. The van der Waals surface area contributed by atoms with Crippen LogP contribution < -0.4 is 5.30 Å². The minimum Gasteiger partial charge on any atom is -0.0661 e. The van der Waals surface area contributed by atoms with Crippen molar-refractivity contribution < 1.29 is 0 Å². The highest BCUT2D eigenvalue weighted by atomic mass is 31.1. The zero-order valence-corrected chi connectivity index (χ0v) is 14.5. The van der Waals surface area contributed by atoms with Crippen LogP contribution in [0.25, 0.3) is 0 Å². The van der Waals surface area contributed by atoms with Crippen LogP contribution in [0.3, 0.4) is 0 Å². The smallest absolute Gasteiger partial charge is 0.00799 e. The van der Waals surface area contributed by atoms with Crippen molar-refractivity contribution in [2.24, 2.45) is 0 Å². The summed E-state index contributed by atoms with van der Waals surface area (Å²) in [5, 5.41) is 2.27. The lowest BCUT2D eigenvalue weighted by Gasteiger charge is -2.35. The second-order valence-electron chi connectivity index (χ2n) is 6.64. The van der Waals surface area contributed by atoms with Gasteiger partial charge in [0.2, 0.25) is 0 Å². The lowest BCUT2D eigenvalue weighted by atomic mass is 9.97. The number of hydrogen-bond donors (Lipinski definition) is 0. The minimum absolute atomic E-state index is 0.0277. The summed E-state index contributed by atoms with van der Waals surface area (Å²) in [7, 11) is 0.0277. The van der Waals surface area contributed by atoms with Crippen molar-refractivity contribution in [3.05, 3.63) is 30.3 Å². The van der Waals surface area contributed by atoms with E-state index in [1.54, 1.807) is 5.30 Å². The van der Waals surface area contributed by atoms with Gasteiger partial charge < -0.3 is 0 Å². The normalized spacial score (nSPS) is 29.8. The van der Waals surface area contributed by atoms with Gasteiger partial charge in [-0.3, -0.25) is 0 Å². The maximum atomic E-state index is 2.59. The van der Waals surface area contributed by atoms with Crippen molar-refractivity contribution in [3.8, 4) is 0 Å². The van der Waals surface area contributed by atoms with E-state index in [9.17, 15) is 0 Å². The summed E-state index contributed by atoms with van der Waals surface area (Å²) in [6.45, 7) is 7.25. The van der Waals surface area contributed by atoms with Crippen LogP contribution >= 0.6 is 7.92 Å². The lowest BCUT2D eigenvalue weighted by molar-refractivity contribution is 0.518. The Labute approximate surface area is 127 Å². The van der Waals surface area contributed by atoms with Crippen molar-refractivity contribution in [3.63, 3.8) is 0 Å². The summed E-state index contributed by atoms with van der Waals surface area (Å²) in [5.74, 6) is 0. The highest BCUT2D eigenvalue weighted by molar-refractivity contribution is 7.68. The van der Waals surface area contributed by atoms with Crippen LogP contribution in [0, 0.1) is 0 Å². The van der Waals surface area contributed by atoms with Crippen LogP contribution in [0.1, 0.15) is 72.1 Å². The Morgan fingerprint density at radius 3 is 2.45 bits per heavy atom. The van der Waals surface area contributed by atoms with E-state index in [0.29, 0.717) is 5.16 Å². The Morgan fingerprint density at radius 1 is 1.10 bits per heavy atom. The fraction of sp³-hybridized carbons (Fsp3) is 0.684. The maximum absolute atomic E-state index is 2.59. The molecule has 0 amide bonds. The van der Waals surface area contributed by atoms with Gasteiger partial charge in [0, 0.05) is 0 Å². The Morgan fingerprint density at radius 2 is 1.80 bits per heavy atom. The summed E-state index contributed by atoms with van der Waals surface area (Å²) in [5.41, 5.74) is 0.981. The molecule has 1 heteroatoms. The molecule has 3 atom stereocenters. The van der Waals surface area contributed by atoms with Crippen LogP contribution in [0.2, 0.25) is 0 Å². The van der Waals surface area contributed by atoms with Crippen molar-refractivity contribution in [1.82, 2.24) is 0 Å². The Bertz CT molecular complexity index is 386. The average Bonchev–Trinajstić information content (AvgIpc) is 2.81. The average molecular weight is 290 g/mol. The number of benzene rings is 1. The van der Waals surface area contributed by atoms with E-state index in [2.05, 4.69) is 51.1 Å². The zero-order valence-electron chi connectivity index (χ0n) is 13.6. The van der Waals surface area contributed by atoms with Gasteiger partial charge in [0.15, 0.2) is 0 Å². The lowest BCUT2D eigenvalue weighted by Crippen LogP contribution is -2.25. The number of rotatable bonds is 7. The Balaban J connectivity index is 2.20. The maximum Gasteiger partial charge on any atom is -0.00799 e. The van der Waals surface area contributed by atoms with Crippen molar-refractivity contribution in [1.29, 1.82) is 0 Å². The van der Waals surface area contributed by atoms with Gasteiger partial charge in [-0.1, -0.05) is 84.7 Å². The summed E-state index contributed by atoms with van der Waals surface area (Å²) in [6, 6.07) is 11.5. The molecule has 1 aliphatic heterocycles. The van der Waals surface area contributed by atoms with Gasteiger partial charge in [-0.25, -0.2) is 0 Å². The largest absolute Gasteiger partial charge is 0.0661 e. The van der Waals surface area contributed by atoms with Gasteiger partial charge in [0.05, 0.1) is 0 Å². The molecule has 0 bridgehead atoms. The van der Waals surface area contributed by atoms with Gasteiger partial charge in [-0.05, 0) is 41.8 Å². The van der Waals surface area contributed by atoms with Gasteiger partial charge >= 0.3 is 0 Å². The number of unbranched alkanes of at least 4 members (excludes halogenated alkanes) is 2. The molecule has 0 spiro atoms. The van der Waals surface area contributed by atoms with Crippen LogP contribution in [0.15, 0.2) is 30.3 Å². The first kappa shape index (κ1) is 16.0. The molecular weight excluding hydrogens is 259 g/mol. The van der Waals surface area contributed by atoms with Gasteiger partial charge in [0.1, 0.15) is 0 Å². The molecule has 0 aliphatic carbocycles. The van der Waals surface area contributed by atoms with Crippen molar-refractivity contribution in [2.45, 2.75) is 83.0 Å². The fourth-order valence-electron chi connectivity index (χ4n) is 3.80. The van der Waals surface area contributed by atoms with E-state index in [4.69, 9.17) is 0 Å². The summed E-state index contributed by atoms with van der Waals surface area (Å²) < 4.78 is 0. The molecule has 1 aromatic rings. The molecule has 0 aromatic heterocycles. The molecule has 0 nitrogen and oxygen atoms in total. The Kier molecular flexibility index (Phi) is 6.09. The van der Waals surface area contributed by atoms with E-state index in [0.717, 1.165) is 5.66 Å². The third-order valence-electron chi connectivity index (χ3n) is 4.96. The molecule has 1 fully saturated rings. The second kappa shape index (κ2) is 7.60. The van der Waals surface area contributed by atoms with Crippen LogP contribution in [-0.2, 0) is 0 Å². The fourth-order valence-corrected chi connectivity index (χ4v) is 7.81. The molecule has 1 heterocycles. The molecule has 0 N–H and O–H groups in total. The molecule has 0 radical (unpaired) electrons. The second-order valence-corrected chi connectivity index (χ2v) is 9.71. The summed E-state index contributed by atoms with van der Waals surface area (Å²) in [4.78, 5) is 0. The SMILES string of the molecule is CCCCC1CCC(C)(CCCC)P1c1ccccc1. The first-order chi connectivity index (χ1) is 9.71. The standard InChI is InChI=1S/C19H31P/c1-4-6-11-18-14-16-19(3,15-7-5-2)20(18)17-12-9-8-10-13-17/h8-10,12-13,18H,4-7,11,14-16H2,1-3H3.